The molecule has 0 aliphatic carbocycles. The van der Waals surface area contributed by atoms with Gasteiger partial charge in [0.2, 0.25) is 0 Å². The third-order valence-corrected chi connectivity index (χ3v) is 4.72. The number of hydrogen-bond donors (Lipinski definition) is 1. The van der Waals surface area contributed by atoms with Crippen molar-refractivity contribution in [1.82, 2.24) is 0 Å². The van der Waals surface area contributed by atoms with Gasteiger partial charge in [-0.1, -0.05) is 25.5 Å². The molecule has 2 atom stereocenters. The van der Waals surface area contributed by atoms with Crippen molar-refractivity contribution >= 4 is 13.9 Å². The molecule has 6 heteroatoms. The first-order chi connectivity index (χ1) is 9.53. The number of rotatable bonds is 9. The summed E-state index contributed by atoms with van der Waals surface area (Å²) in [7, 11) is -1.93. The SMILES string of the molecule is CCCc1cccc(OP(=O)(CC[C@H](N)C=O)OC)c1. The molecule has 0 fully saturated rings. The smallest absolute Gasteiger partial charge is 0.378 e. The van der Waals surface area contributed by atoms with Crippen molar-refractivity contribution in [3.8, 4) is 5.75 Å². The molecule has 0 aliphatic heterocycles. The molecule has 1 unspecified atom stereocenters. The Bertz CT molecular complexity index is 478. The first kappa shape index (κ1) is 16.9. The van der Waals surface area contributed by atoms with Crippen LogP contribution in [0.4, 0.5) is 0 Å². The van der Waals surface area contributed by atoms with Crippen LogP contribution in [0.25, 0.3) is 0 Å². The third-order valence-electron chi connectivity index (χ3n) is 2.87. The van der Waals surface area contributed by atoms with E-state index in [0.717, 1.165) is 18.4 Å². The largest absolute Gasteiger partial charge is 0.424 e. The van der Waals surface area contributed by atoms with Gasteiger partial charge in [-0.15, -0.1) is 0 Å². The number of hydrogen-bond acceptors (Lipinski definition) is 5. The van der Waals surface area contributed by atoms with Gasteiger partial charge >= 0.3 is 7.60 Å². The molecule has 0 heterocycles. The minimum Gasteiger partial charge on any atom is -0.424 e. The van der Waals surface area contributed by atoms with Crippen LogP contribution in [0.1, 0.15) is 25.3 Å². The first-order valence-electron chi connectivity index (χ1n) is 6.67. The number of aldehydes is 1. The maximum atomic E-state index is 12.4. The average molecular weight is 299 g/mol. The molecule has 0 aliphatic rings. The fraction of sp³-hybridized carbons (Fsp3) is 0.500. The molecule has 0 bridgehead atoms. The number of aryl methyl sites for hydroxylation is 1. The van der Waals surface area contributed by atoms with Gasteiger partial charge in [0.1, 0.15) is 12.0 Å². The molecule has 0 spiro atoms. The minimum absolute atomic E-state index is 0.113. The molecule has 0 aromatic heterocycles. The Balaban J connectivity index is 2.73. The molecule has 0 saturated carbocycles. The van der Waals surface area contributed by atoms with E-state index in [1.807, 2.05) is 18.2 Å². The standard InChI is InChI=1S/C14H22NO4P/c1-3-5-12-6-4-7-14(10-12)19-20(17,18-2)9-8-13(15)11-16/h4,6-7,10-11,13H,3,5,8-9,15H2,1-2H3/t13-,20?/m0/s1. The summed E-state index contributed by atoms with van der Waals surface area (Å²) in [4.78, 5) is 10.5. The van der Waals surface area contributed by atoms with Crippen LogP contribution in [-0.4, -0.2) is 25.6 Å². The summed E-state index contributed by atoms with van der Waals surface area (Å²) < 4.78 is 22.9. The summed E-state index contributed by atoms with van der Waals surface area (Å²) in [6.07, 6.45) is 2.97. The van der Waals surface area contributed by atoms with Crippen LogP contribution in [0.5, 0.6) is 5.75 Å². The minimum atomic E-state index is -3.27. The lowest BCUT2D eigenvalue weighted by Crippen LogP contribution is -2.23. The van der Waals surface area contributed by atoms with Crippen LogP contribution in [0.3, 0.4) is 0 Å². The van der Waals surface area contributed by atoms with Crippen LogP contribution >= 0.6 is 7.60 Å². The van der Waals surface area contributed by atoms with E-state index >= 15 is 0 Å². The second-order valence-corrected chi connectivity index (χ2v) is 6.81. The predicted molar refractivity (Wildman–Crippen MR) is 79.2 cm³/mol. The van der Waals surface area contributed by atoms with Gasteiger partial charge < -0.3 is 19.6 Å². The Hall–Kier alpha value is -1.16. The van der Waals surface area contributed by atoms with E-state index in [4.69, 9.17) is 14.8 Å². The maximum Gasteiger partial charge on any atom is 0.378 e. The van der Waals surface area contributed by atoms with E-state index in [2.05, 4.69) is 6.92 Å². The Labute approximate surface area is 120 Å². The Morgan fingerprint density at radius 2 is 2.20 bits per heavy atom. The van der Waals surface area contributed by atoms with Crippen LogP contribution in [0.2, 0.25) is 0 Å². The zero-order chi connectivity index (χ0) is 15.0. The molecule has 1 aromatic carbocycles. The quantitative estimate of drug-likeness (QED) is 0.560. The van der Waals surface area contributed by atoms with Crippen molar-refractivity contribution < 1.29 is 18.4 Å². The van der Waals surface area contributed by atoms with E-state index in [-0.39, 0.29) is 12.6 Å². The van der Waals surface area contributed by atoms with Crippen LogP contribution in [0.15, 0.2) is 24.3 Å². The summed E-state index contributed by atoms with van der Waals surface area (Å²) in [6, 6.07) is 6.81. The zero-order valence-electron chi connectivity index (χ0n) is 12.0. The van der Waals surface area contributed by atoms with Crippen LogP contribution in [0, 0.1) is 0 Å². The highest BCUT2D eigenvalue weighted by molar-refractivity contribution is 7.54. The van der Waals surface area contributed by atoms with E-state index < -0.39 is 13.6 Å². The summed E-state index contributed by atoms with van der Waals surface area (Å²) >= 11 is 0. The molecule has 0 radical (unpaired) electrons. The van der Waals surface area contributed by atoms with Gasteiger partial charge in [-0.2, -0.15) is 0 Å². The fourth-order valence-electron chi connectivity index (χ4n) is 1.76. The monoisotopic (exact) mass is 299 g/mol. The van der Waals surface area contributed by atoms with Gasteiger partial charge in [0.15, 0.2) is 0 Å². The Kier molecular flexibility index (Phi) is 6.93. The summed E-state index contributed by atoms with van der Waals surface area (Å²) in [5.41, 5.74) is 6.61. The number of carbonyl (C=O) groups is 1. The van der Waals surface area contributed by atoms with Crippen molar-refractivity contribution in [3.63, 3.8) is 0 Å². The lowest BCUT2D eigenvalue weighted by molar-refractivity contribution is -0.108. The molecule has 112 valence electrons. The third kappa shape index (κ3) is 5.45. The second kappa shape index (κ2) is 8.20. The normalized spacial score (nSPS) is 15.3. The average Bonchev–Trinajstić information content (AvgIpc) is 2.45. The lowest BCUT2D eigenvalue weighted by atomic mass is 10.1. The topological polar surface area (TPSA) is 78.6 Å². The number of nitrogens with two attached hydrogens (primary N) is 1. The molecular formula is C14H22NO4P. The molecule has 0 saturated heterocycles. The van der Waals surface area contributed by atoms with Crippen molar-refractivity contribution in [1.29, 1.82) is 0 Å². The highest BCUT2D eigenvalue weighted by Gasteiger charge is 2.25. The van der Waals surface area contributed by atoms with E-state index in [1.165, 1.54) is 7.11 Å². The Morgan fingerprint density at radius 3 is 2.80 bits per heavy atom. The number of carbonyl (C=O) groups excluding carboxylic acids is 1. The van der Waals surface area contributed by atoms with E-state index in [0.29, 0.717) is 12.0 Å². The predicted octanol–water partition coefficient (Wildman–Crippen LogP) is 2.77. The molecule has 5 nitrogen and oxygen atoms in total. The van der Waals surface area contributed by atoms with Gasteiger partial charge in [0, 0.05) is 7.11 Å². The van der Waals surface area contributed by atoms with Gasteiger partial charge in [0.25, 0.3) is 0 Å². The molecule has 2 N–H and O–H groups in total. The molecule has 1 rings (SSSR count). The van der Waals surface area contributed by atoms with Gasteiger partial charge in [-0.25, -0.2) is 4.57 Å². The maximum absolute atomic E-state index is 12.4. The van der Waals surface area contributed by atoms with Gasteiger partial charge in [-0.05, 0) is 30.5 Å². The van der Waals surface area contributed by atoms with Crippen molar-refractivity contribution in [3.05, 3.63) is 29.8 Å². The highest BCUT2D eigenvalue weighted by atomic mass is 31.2. The zero-order valence-corrected chi connectivity index (χ0v) is 12.8. The van der Waals surface area contributed by atoms with Gasteiger partial charge in [0.05, 0.1) is 12.2 Å². The Morgan fingerprint density at radius 1 is 1.45 bits per heavy atom. The van der Waals surface area contributed by atoms with Gasteiger partial charge in [-0.3, -0.25) is 0 Å². The van der Waals surface area contributed by atoms with Crippen LogP contribution < -0.4 is 10.3 Å². The molecule has 0 amide bonds. The van der Waals surface area contributed by atoms with Crippen molar-refractivity contribution in [2.24, 2.45) is 5.73 Å². The second-order valence-electron chi connectivity index (χ2n) is 4.59. The fourth-order valence-corrected chi connectivity index (χ4v) is 3.15. The van der Waals surface area contributed by atoms with Crippen molar-refractivity contribution in [2.75, 3.05) is 13.3 Å². The van der Waals surface area contributed by atoms with E-state index in [9.17, 15) is 9.36 Å². The lowest BCUT2D eigenvalue weighted by Gasteiger charge is -2.18. The summed E-state index contributed by atoms with van der Waals surface area (Å²) in [6.45, 7) is 2.09. The van der Waals surface area contributed by atoms with Crippen LogP contribution in [-0.2, 0) is 20.3 Å². The molecular weight excluding hydrogens is 277 g/mol. The first-order valence-corrected chi connectivity index (χ1v) is 8.40. The highest BCUT2D eigenvalue weighted by Crippen LogP contribution is 2.48. The molecule has 20 heavy (non-hydrogen) atoms. The molecule has 1 aromatic rings. The van der Waals surface area contributed by atoms with Crippen molar-refractivity contribution in [2.45, 2.75) is 32.2 Å². The van der Waals surface area contributed by atoms with E-state index in [1.54, 1.807) is 6.07 Å². The summed E-state index contributed by atoms with van der Waals surface area (Å²) in [5.74, 6) is 0.515. The summed E-state index contributed by atoms with van der Waals surface area (Å²) in [5, 5.41) is 0. The number of benzene rings is 1.